The highest BCUT2D eigenvalue weighted by Crippen LogP contribution is 2.29. The number of hydrogen-bond donors (Lipinski definition) is 3. The quantitative estimate of drug-likeness (QED) is 0.657. The topological polar surface area (TPSA) is 79.5 Å². The molecular formula is C17H25N3O3S. The van der Waals surface area contributed by atoms with Gasteiger partial charge in [-0.25, -0.2) is 4.79 Å². The predicted octanol–water partition coefficient (Wildman–Crippen LogP) is 3.45. The summed E-state index contributed by atoms with van der Waals surface area (Å²) in [6.07, 6.45) is 5.28. The lowest BCUT2D eigenvalue weighted by atomic mass is 10.2. The standard InChI is InChI=1S/C17H25N3O3S/c1-12(21)19-15-8-7-13(11-16(15)23-2)20-17(22)18-9-10-24-14-5-3-4-6-14/h7-8,11,14H,3-6,9-10H2,1-2H3,(H,19,21)(H2,18,20,22). The van der Waals surface area contributed by atoms with E-state index in [0.717, 1.165) is 11.0 Å². The van der Waals surface area contributed by atoms with Gasteiger partial charge in [-0.05, 0) is 25.0 Å². The molecule has 1 aliphatic carbocycles. The third-order valence-corrected chi connectivity index (χ3v) is 5.20. The monoisotopic (exact) mass is 351 g/mol. The average Bonchev–Trinajstić information content (AvgIpc) is 3.06. The fourth-order valence-electron chi connectivity index (χ4n) is 2.68. The van der Waals surface area contributed by atoms with E-state index in [-0.39, 0.29) is 11.9 Å². The van der Waals surface area contributed by atoms with Gasteiger partial charge in [0.2, 0.25) is 5.91 Å². The highest BCUT2D eigenvalue weighted by molar-refractivity contribution is 7.99. The van der Waals surface area contributed by atoms with Crippen LogP contribution in [-0.4, -0.2) is 36.6 Å². The molecule has 0 aliphatic heterocycles. The number of carbonyl (C=O) groups is 2. The predicted molar refractivity (Wildman–Crippen MR) is 99.0 cm³/mol. The molecule has 24 heavy (non-hydrogen) atoms. The van der Waals surface area contributed by atoms with Crippen LogP contribution in [0.2, 0.25) is 0 Å². The van der Waals surface area contributed by atoms with Crippen LogP contribution in [0.4, 0.5) is 16.2 Å². The zero-order valence-electron chi connectivity index (χ0n) is 14.2. The van der Waals surface area contributed by atoms with Crippen LogP contribution in [0.25, 0.3) is 0 Å². The minimum atomic E-state index is -0.239. The minimum absolute atomic E-state index is 0.175. The fourth-order valence-corrected chi connectivity index (χ4v) is 3.90. The molecule has 6 nitrogen and oxygen atoms in total. The Bertz CT molecular complexity index is 574. The van der Waals surface area contributed by atoms with Crippen molar-refractivity contribution in [3.63, 3.8) is 0 Å². The molecule has 0 heterocycles. The number of anilines is 2. The Balaban J connectivity index is 1.77. The maximum absolute atomic E-state index is 11.9. The van der Waals surface area contributed by atoms with Crippen LogP contribution in [0.15, 0.2) is 18.2 Å². The van der Waals surface area contributed by atoms with Crippen molar-refractivity contribution in [3.05, 3.63) is 18.2 Å². The molecule has 0 unspecified atom stereocenters. The molecule has 0 bridgehead atoms. The Labute approximate surface area is 147 Å². The highest BCUT2D eigenvalue weighted by Gasteiger charge is 2.14. The molecule has 0 spiro atoms. The number of urea groups is 1. The number of amides is 3. The molecule has 1 fully saturated rings. The van der Waals surface area contributed by atoms with Crippen molar-refractivity contribution in [1.29, 1.82) is 0 Å². The number of benzene rings is 1. The second kappa shape index (κ2) is 9.42. The zero-order valence-corrected chi connectivity index (χ0v) is 15.0. The van der Waals surface area contributed by atoms with E-state index in [1.807, 2.05) is 11.8 Å². The van der Waals surface area contributed by atoms with E-state index in [1.54, 1.807) is 18.2 Å². The molecule has 0 atom stereocenters. The number of rotatable bonds is 7. The average molecular weight is 351 g/mol. The first-order valence-corrected chi connectivity index (χ1v) is 9.25. The molecule has 0 saturated heterocycles. The lowest BCUT2D eigenvalue weighted by molar-refractivity contribution is -0.114. The molecule has 1 aromatic carbocycles. The Morgan fingerprint density at radius 2 is 2.00 bits per heavy atom. The van der Waals surface area contributed by atoms with E-state index in [1.165, 1.54) is 39.7 Å². The molecule has 2 rings (SSSR count). The van der Waals surface area contributed by atoms with Crippen molar-refractivity contribution in [2.45, 2.75) is 37.9 Å². The molecule has 1 aliphatic rings. The normalized spacial score (nSPS) is 14.2. The van der Waals surface area contributed by atoms with Crippen molar-refractivity contribution < 1.29 is 14.3 Å². The molecule has 1 aromatic rings. The van der Waals surface area contributed by atoms with Crippen LogP contribution in [0.3, 0.4) is 0 Å². The summed E-state index contributed by atoms with van der Waals surface area (Å²) in [6.45, 7) is 2.08. The fraction of sp³-hybridized carbons (Fsp3) is 0.529. The summed E-state index contributed by atoms with van der Waals surface area (Å²) in [5.41, 5.74) is 1.19. The van der Waals surface area contributed by atoms with E-state index in [4.69, 9.17) is 4.74 Å². The summed E-state index contributed by atoms with van der Waals surface area (Å²) in [5.74, 6) is 1.26. The van der Waals surface area contributed by atoms with Gasteiger partial charge >= 0.3 is 6.03 Å². The molecule has 0 radical (unpaired) electrons. The molecule has 3 amide bonds. The van der Waals surface area contributed by atoms with E-state index in [2.05, 4.69) is 16.0 Å². The van der Waals surface area contributed by atoms with E-state index >= 15 is 0 Å². The van der Waals surface area contributed by atoms with Gasteiger partial charge in [-0.2, -0.15) is 11.8 Å². The lowest BCUT2D eigenvalue weighted by Gasteiger charge is -2.13. The van der Waals surface area contributed by atoms with Gasteiger partial charge in [0.1, 0.15) is 5.75 Å². The van der Waals surface area contributed by atoms with E-state index in [0.29, 0.717) is 23.7 Å². The smallest absolute Gasteiger partial charge is 0.319 e. The summed E-state index contributed by atoms with van der Waals surface area (Å²) in [6, 6.07) is 4.86. The first-order chi connectivity index (χ1) is 11.6. The van der Waals surface area contributed by atoms with Gasteiger partial charge in [0, 0.05) is 36.2 Å². The van der Waals surface area contributed by atoms with Crippen LogP contribution in [0.1, 0.15) is 32.6 Å². The summed E-state index contributed by atoms with van der Waals surface area (Å²) < 4.78 is 5.23. The van der Waals surface area contributed by atoms with Gasteiger partial charge in [-0.1, -0.05) is 12.8 Å². The van der Waals surface area contributed by atoms with Crippen molar-refractivity contribution in [2.75, 3.05) is 30.0 Å². The largest absolute Gasteiger partial charge is 0.494 e. The number of ether oxygens (including phenoxy) is 1. The SMILES string of the molecule is COc1cc(NC(=O)NCCSC2CCCC2)ccc1NC(C)=O. The number of hydrogen-bond acceptors (Lipinski definition) is 4. The van der Waals surface area contributed by atoms with E-state index in [9.17, 15) is 9.59 Å². The van der Waals surface area contributed by atoms with Crippen LogP contribution in [0.5, 0.6) is 5.75 Å². The van der Waals surface area contributed by atoms with Crippen molar-refractivity contribution in [1.82, 2.24) is 5.32 Å². The number of methoxy groups -OCH3 is 1. The number of carbonyl (C=O) groups excluding carboxylic acids is 2. The molecule has 1 saturated carbocycles. The lowest BCUT2D eigenvalue weighted by Crippen LogP contribution is -2.30. The Hall–Kier alpha value is -1.89. The molecule has 0 aromatic heterocycles. The van der Waals surface area contributed by atoms with Crippen molar-refractivity contribution in [3.8, 4) is 5.75 Å². The molecular weight excluding hydrogens is 326 g/mol. The second-order valence-electron chi connectivity index (χ2n) is 5.75. The van der Waals surface area contributed by atoms with Gasteiger partial charge in [0.05, 0.1) is 12.8 Å². The maximum atomic E-state index is 11.9. The van der Waals surface area contributed by atoms with Gasteiger partial charge in [0.25, 0.3) is 0 Å². The first-order valence-electron chi connectivity index (χ1n) is 8.20. The summed E-state index contributed by atoms with van der Waals surface area (Å²) in [5, 5.41) is 9.07. The van der Waals surface area contributed by atoms with Gasteiger partial charge in [-0.15, -0.1) is 0 Å². The van der Waals surface area contributed by atoms with Crippen molar-refractivity contribution in [2.24, 2.45) is 0 Å². The zero-order chi connectivity index (χ0) is 17.4. The van der Waals surface area contributed by atoms with Crippen LogP contribution in [-0.2, 0) is 4.79 Å². The Kier molecular flexibility index (Phi) is 7.24. The van der Waals surface area contributed by atoms with Crippen LogP contribution < -0.4 is 20.7 Å². The summed E-state index contributed by atoms with van der Waals surface area (Å²) in [7, 11) is 1.52. The number of nitrogens with one attached hydrogen (secondary N) is 3. The molecule has 132 valence electrons. The highest BCUT2D eigenvalue weighted by atomic mass is 32.2. The second-order valence-corrected chi connectivity index (χ2v) is 7.16. The number of thioether (sulfide) groups is 1. The molecule has 3 N–H and O–H groups in total. The van der Waals surface area contributed by atoms with Crippen molar-refractivity contribution >= 4 is 35.1 Å². The molecule has 7 heteroatoms. The third kappa shape index (κ3) is 5.96. The maximum Gasteiger partial charge on any atom is 0.319 e. The first kappa shape index (κ1) is 18.4. The van der Waals surface area contributed by atoms with Crippen LogP contribution in [0, 0.1) is 0 Å². The van der Waals surface area contributed by atoms with Gasteiger partial charge in [0.15, 0.2) is 0 Å². The van der Waals surface area contributed by atoms with Gasteiger partial charge in [-0.3, -0.25) is 4.79 Å². The summed E-state index contributed by atoms with van der Waals surface area (Å²) >= 11 is 1.94. The Morgan fingerprint density at radius 1 is 1.25 bits per heavy atom. The summed E-state index contributed by atoms with van der Waals surface area (Å²) in [4.78, 5) is 23.1. The van der Waals surface area contributed by atoms with Gasteiger partial charge < -0.3 is 20.7 Å². The van der Waals surface area contributed by atoms with E-state index < -0.39 is 0 Å². The Morgan fingerprint density at radius 3 is 2.67 bits per heavy atom. The van der Waals surface area contributed by atoms with Crippen LogP contribution >= 0.6 is 11.8 Å². The minimum Gasteiger partial charge on any atom is -0.494 e. The third-order valence-electron chi connectivity index (χ3n) is 3.81.